The average Bonchev–Trinajstić information content (AvgIpc) is 2.73. The lowest BCUT2D eigenvalue weighted by atomic mass is 10.2. The second kappa shape index (κ2) is 4.45. The zero-order valence-corrected chi connectivity index (χ0v) is 11.2. The minimum absolute atomic E-state index is 0.181. The van der Waals surface area contributed by atoms with Crippen molar-refractivity contribution in [3.05, 3.63) is 58.0 Å². The summed E-state index contributed by atoms with van der Waals surface area (Å²) in [5, 5.41) is 3.90. The zero-order chi connectivity index (χ0) is 14.3. The molecule has 2 aromatic heterocycles. The van der Waals surface area contributed by atoms with Crippen molar-refractivity contribution in [3.8, 4) is 5.82 Å². The lowest BCUT2D eigenvalue weighted by Crippen LogP contribution is -2.20. The van der Waals surface area contributed by atoms with E-state index in [1.54, 1.807) is 13.0 Å². The number of carbonyl (C=O) groups is 1. The number of nitrogens with zero attached hydrogens (tertiary/aromatic N) is 2. The molecule has 3 rings (SSSR count). The molecule has 0 fully saturated rings. The van der Waals surface area contributed by atoms with Crippen molar-refractivity contribution in [3.63, 3.8) is 0 Å². The largest absolute Gasteiger partial charge is 0.294 e. The van der Waals surface area contributed by atoms with E-state index in [2.05, 4.69) is 10.1 Å². The molecular weight excluding hydrogens is 254 g/mol. The molecule has 0 atom stereocenters. The molecule has 0 saturated heterocycles. The number of benzene rings is 1. The fourth-order valence-corrected chi connectivity index (χ4v) is 2.30. The van der Waals surface area contributed by atoms with Crippen molar-refractivity contribution < 1.29 is 4.79 Å². The minimum Gasteiger partial charge on any atom is -0.294 e. The van der Waals surface area contributed by atoms with Crippen LogP contribution in [0.2, 0.25) is 0 Å². The van der Waals surface area contributed by atoms with Crippen molar-refractivity contribution in [1.29, 1.82) is 0 Å². The Morgan fingerprint density at radius 3 is 2.65 bits per heavy atom. The molecule has 2 heterocycles. The molecular formula is C15H13N3O2. The van der Waals surface area contributed by atoms with Crippen molar-refractivity contribution in [1.82, 2.24) is 14.8 Å². The summed E-state index contributed by atoms with van der Waals surface area (Å²) in [7, 11) is 0. The Labute approximate surface area is 114 Å². The van der Waals surface area contributed by atoms with Gasteiger partial charge in [0.1, 0.15) is 5.56 Å². The highest BCUT2D eigenvalue weighted by Crippen LogP contribution is 2.13. The Morgan fingerprint density at radius 1 is 1.20 bits per heavy atom. The maximum Gasteiger partial charge on any atom is 0.283 e. The van der Waals surface area contributed by atoms with E-state index in [0.29, 0.717) is 11.5 Å². The topological polar surface area (TPSA) is 67.8 Å². The van der Waals surface area contributed by atoms with Gasteiger partial charge in [-0.2, -0.15) is 0 Å². The van der Waals surface area contributed by atoms with E-state index >= 15 is 0 Å². The van der Waals surface area contributed by atoms with Gasteiger partial charge in [0.2, 0.25) is 0 Å². The van der Waals surface area contributed by atoms with Crippen molar-refractivity contribution in [2.75, 3.05) is 0 Å². The van der Waals surface area contributed by atoms with Crippen LogP contribution in [-0.4, -0.2) is 20.5 Å². The summed E-state index contributed by atoms with van der Waals surface area (Å²) in [6.45, 7) is 3.09. The molecule has 0 saturated carbocycles. The first-order valence-corrected chi connectivity index (χ1v) is 6.26. The number of aromatic nitrogens is 3. The molecule has 3 aromatic rings. The van der Waals surface area contributed by atoms with E-state index in [4.69, 9.17) is 0 Å². The number of ketones is 1. The van der Waals surface area contributed by atoms with E-state index in [-0.39, 0.29) is 16.9 Å². The maximum atomic E-state index is 12.2. The first-order chi connectivity index (χ1) is 9.58. The molecule has 20 heavy (non-hydrogen) atoms. The van der Waals surface area contributed by atoms with E-state index in [9.17, 15) is 9.59 Å². The first-order valence-electron chi connectivity index (χ1n) is 6.26. The minimum atomic E-state index is -0.363. The lowest BCUT2D eigenvalue weighted by Gasteiger charge is -2.02. The highest BCUT2D eigenvalue weighted by Gasteiger charge is 2.16. The van der Waals surface area contributed by atoms with Crippen molar-refractivity contribution in [2.45, 2.75) is 13.8 Å². The van der Waals surface area contributed by atoms with Crippen molar-refractivity contribution >= 4 is 16.7 Å². The van der Waals surface area contributed by atoms with Gasteiger partial charge in [0.15, 0.2) is 11.6 Å². The van der Waals surface area contributed by atoms with Gasteiger partial charge in [-0.25, -0.2) is 9.67 Å². The van der Waals surface area contributed by atoms with Gasteiger partial charge in [-0.1, -0.05) is 18.2 Å². The molecule has 0 spiro atoms. The second-order valence-corrected chi connectivity index (χ2v) is 4.67. The van der Waals surface area contributed by atoms with Gasteiger partial charge in [0.25, 0.3) is 5.56 Å². The van der Waals surface area contributed by atoms with E-state index in [1.165, 1.54) is 11.6 Å². The molecule has 0 radical (unpaired) electrons. The van der Waals surface area contributed by atoms with Crippen LogP contribution in [0.25, 0.3) is 16.7 Å². The van der Waals surface area contributed by atoms with E-state index in [0.717, 1.165) is 10.9 Å². The predicted molar refractivity (Wildman–Crippen MR) is 76.4 cm³/mol. The average molecular weight is 267 g/mol. The third-order valence-electron chi connectivity index (χ3n) is 3.24. The van der Waals surface area contributed by atoms with Gasteiger partial charge in [-0.15, -0.1) is 0 Å². The number of pyridine rings is 1. The van der Waals surface area contributed by atoms with Crippen LogP contribution in [0, 0.1) is 6.92 Å². The molecule has 0 unspecified atom stereocenters. The highest BCUT2D eigenvalue weighted by atomic mass is 16.2. The molecule has 100 valence electrons. The summed E-state index contributed by atoms with van der Waals surface area (Å²) >= 11 is 0. The van der Waals surface area contributed by atoms with Crippen LogP contribution >= 0.6 is 0 Å². The summed E-state index contributed by atoms with van der Waals surface area (Å²) < 4.78 is 1.30. The van der Waals surface area contributed by atoms with Gasteiger partial charge in [-0.05, 0) is 32.0 Å². The molecule has 0 bridgehead atoms. The number of nitrogens with one attached hydrogen (secondary N) is 1. The number of fused-ring (bicyclic) bond motifs is 1. The van der Waals surface area contributed by atoms with Crippen LogP contribution in [0.1, 0.15) is 23.0 Å². The maximum absolute atomic E-state index is 12.2. The fraction of sp³-hybridized carbons (Fsp3) is 0.133. The Balaban J connectivity index is 2.23. The third kappa shape index (κ3) is 1.84. The number of hydrogen-bond acceptors (Lipinski definition) is 3. The summed E-state index contributed by atoms with van der Waals surface area (Å²) in [6, 6.07) is 11.3. The monoisotopic (exact) mass is 267 g/mol. The highest BCUT2D eigenvalue weighted by molar-refractivity contribution is 5.94. The first kappa shape index (κ1) is 12.3. The number of carbonyl (C=O) groups excluding carboxylic acids is 1. The Kier molecular flexibility index (Phi) is 2.75. The lowest BCUT2D eigenvalue weighted by molar-refractivity contribution is 0.101. The number of aryl methyl sites for hydroxylation is 1. The quantitative estimate of drug-likeness (QED) is 0.724. The van der Waals surface area contributed by atoms with E-state index in [1.807, 2.05) is 30.3 Å². The smallest absolute Gasteiger partial charge is 0.283 e. The molecule has 0 aliphatic rings. The van der Waals surface area contributed by atoms with Gasteiger partial charge in [0, 0.05) is 11.1 Å². The van der Waals surface area contributed by atoms with Crippen LogP contribution in [0.3, 0.4) is 0 Å². The normalized spacial score (nSPS) is 10.9. The molecule has 5 nitrogen and oxygen atoms in total. The molecule has 1 aromatic carbocycles. The van der Waals surface area contributed by atoms with Gasteiger partial charge in [0.05, 0.1) is 5.52 Å². The Bertz CT molecular complexity index is 874. The Hall–Kier alpha value is -2.69. The SMILES string of the molecule is CC(=O)c1c(C)[nH]n(-c2ccc3ccccc3n2)c1=O. The van der Waals surface area contributed by atoms with Crippen LogP contribution in [0.4, 0.5) is 0 Å². The van der Waals surface area contributed by atoms with Crippen molar-refractivity contribution in [2.24, 2.45) is 0 Å². The molecule has 0 aliphatic heterocycles. The summed E-state index contributed by atoms with van der Waals surface area (Å²) in [5.74, 6) is 0.229. The molecule has 0 amide bonds. The number of para-hydroxylation sites is 1. The number of hydrogen-bond donors (Lipinski definition) is 1. The van der Waals surface area contributed by atoms with E-state index < -0.39 is 0 Å². The zero-order valence-electron chi connectivity index (χ0n) is 11.2. The fourth-order valence-electron chi connectivity index (χ4n) is 2.30. The van der Waals surface area contributed by atoms with Gasteiger partial charge >= 0.3 is 0 Å². The van der Waals surface area contributed by atoms with Crippen LogP contribution < -0.4 is 5.56 Å². The summed E-state index contributed by atoms with van der Waals surface area (Å²) in [4.78, 5) is 28.2. The number of rotatable bonds is 2. The molecule has 5 heteroatoms. The third-order valence-corrected chi connectivity index (χ3v) is 3.24. The summed E-state index contributed by atoms with van der Waals surface area (Å²) in [5.41, 5.74) is 1.17. The van der Waals surface area contributed by atoms with Gasteiger partial charge < -0.3 is 0 Å². The molecule has 1 N–H and O–H groups in total. The van der Waals surface area contributed by atoms with Gasteiger partial charge in [-0.3, -0.25) is 14.7 Å². The standard InChI is InChI=1S/C15H13N3O2/c1-9-14(10(2)19)15(20)18(17-9)13-8-7-11-5-3-4-6-12(11)16-13/h3-8,17H,1-2H3. The van der Waals surface area contributed by atoms with Crippen LogP contribution in [0.15, 0.2) is 41.2 Å². The molecule has 0 aliphatic carbocycles. The number of aromatic amines is 1. The van der Waals surface area contributed by atoms with Crippen LogP contribution in [-0.2, 0) is 0 Å². The Morgan fingerprint density at radius 2 is 1.95 bits per heavy atom. The second-order valence-electron chi connectivity index (χ2n) is 4.67. The number of Topliss-reactive ketones (excluding diaryl/α,β-unsaturated/α-hetero) is 1. The van der Waals surface area contributed by atoms with Crippen LogP contribution in [0.5, 0.6) is 0 Å². The summed E-state index contributed by atoms with van der Waals surface area (Å²) in [6.07, 6.45) is 0. The number of H-pyrrole nitrogens is 1. The predicted octanol–water partition coefficient (Wildman–Crippen LogP) is 2.22.